The van der Waals surface area contributed by atoms with Crippen LogP contribution in [-0.2, 0) is 9.53 Å². The SMILES string of the molecule is COc1cc2c(cc1OCCC(=O)O)N(C(=O)OCC(Cl)(Cl)Cl)C(O)[C@@H]1CCCN1C2=O. The van der Waals surface area contributed by atoms with E-state index < -0.39 is 40.6 Å². The number of hydrogen-bond donors (Lipinski definition) is 2. The highest BCUT2D eigenvalue weighted by Gasteiger charge is 2.45. The first kappa shape index (κ1) is 24.5. The summed E-state index contributed by atoms with van der Waals surface area (Å²) in [5.41, 5.74) is 0.0686. The molecule has 1 saturated heterocycles. The third kappa shape index (κ3) is 5.25. The number of alkyl halides is 3. The molecule has 1 aromatic carbocycles. The summed E-state index contributed by atoms with van der Waals surface area (Å²) in [4.78, 5) is 39.4. The van der Waals surface area contributed by atoms with Crippen LogP contribution in [0.3, 0.4) is 0 Å². The van der Waals surface area contributed by atoms with E-state index in [0.29, 0.717) is 19.4 Å². The van der Waals surface area contributed by atoms with Gasteiger partial charge in [0.05, 0.1) is 37.4 Å². The van der Waals surface area contributed by atoms with Gasteiger partial charge in [-0.25, -0.2) is 9.69 Å². The van der Waals surface area contributed by atoms with Gasteiger partial charge in [-0.2, -0.15) is 0 Å². The lowest BCUT2D eigenvalue weighted by atomic mass is 10.1. The Balaban J connectivity index is 2.06. The number of anilines is 1. The van der Waals surface area contributed by atoms with Gasteiger partial charge in [0, 0.05) is 12.6 Å². The fourth-order valence-electron chi connectivity index (χ4n) is 3.68. The molecule has 1 unspecified atom stereocenters. The minimum absolute atomic E-state index is 0.00246. The van der Waals surface area contributed by atoms with E-state index in [1.165, 1.54) is 24.1 Å². The smallest absolute Gasteiger partial charge is 0.416 e. The number of methoxy groups -OCH3 is 1. The zero-order valence-electron chi connectivity index (χ0n) is 16.9. The number of carboxylic acid groups (broad SMARTS) is 1. The van der Waals surface area contributed by atoms with Gasteiger partial charge in [0.1, 0.15) is 6.61 Å². The molecule has 2 amide bonds. The molecule has 0 saturated carbocycles. The van der Waals surface area contributed by atoms with Crippen molar-refractivity contribution in [3.05, 3.63) is 17.7 Å². The van der Waals surface area contributed by atoms with Crippen molar-refractivity contribution in [1.29, 1.82) is 0 Å². The molecular formula is C19H21Cl3N2O8. The molecule has 1 fully saturated rings. The highest BCUT2D eigenvalue weighted by Crippen LogP contribution is 2.41. The molecule has 176 valence electrons. The van der Waals surface area contributed by atoms with Gasteiger partial charge in [-0.3, -0.25) is 9.59 Å². The van der Waals surface area contributed by atoms with Crippen molar-refractivity contribution in [3.8, 4) is 11.5 Å². The summed E-state index contributed by atoms with van der Waals surface area (Å²) in [5.74, 6) is -1.24. The molecule has 0 aromatic heterocycles. The Labute approximate surface area is 198 Å². The Bertz CT molecular complexity index is 907. The molecule has 32 heavy (non-hydrogen) atoms. The molecule has 0 aliphatic carbocycles. The molecule has 2 aliphatic rings. The predicted molar refractivity (Wildman–Crippen MR) is 115 cm³/mol. The Kier molecular flexibility index (Phi) is 7.49. The first-order valence-corrected chi connectivity index (χ1v) is 10.7. The summed E-state index contributed by atoms with van der Waals surface area (Å²) >= 11 is 17.0. The summed E-state index contributed by atoms with van der Waals surface area (Å²) in [5, 5.41) is 19.9. The summed E-state index contributed by atoms with van der Waals surface area (Å²) in [6.45, 7) is -0.376. The van der Waals surface area contributed by atoms with E-state index in [9.17, 15) is 19.5 Å². The minimum Gasteiger partial charge on any atom is -0.493 e. The van der Waals surface area contributed by atoms with E-state index in [-0.39, 0.29) is 35.8 Å². The van der Waals surface area contributed by atoms with E-state index in [4.69, 9.17) is 54.1 Å². The Hall–Kier alpha value is -2.14. The van der Waals surface area contributed by atoms with Crippen molar-refractivity contribution < 1.29 is 38.8 Å². The number of carbonyl (C=O) groups is 3. The Morgan fingerprint density at radius 1 is 1.25 bits per heavy atom. The molecular weight excluding hydrogens is 491 g/mol. The number of aliphatic hydroxyl groups excluding tert-OH is 1. The maximum atomic E-state index is 13.2. The summed E-state index contributed by atoms with van der Waals surface area (Å²) < 4.78 is 14.0. The Morgan fingerprint density at radius 3 is 2.59 bits per heavy atom. The second-order valence-electron chi connectivity index (χ2n) is 7.17. The first-order valence-electron chi connectivity index (χ1n) is 9.62. The summed E-state index contributed by atoms with van der Waals surface area (Å²) in [6, 6.07) is 2.02. The number of ether oxygens (including phenoxy) is 3. The zero-order valence-corrected chi connectivity index (χ0v) is 19.2. The van der Waals surface area contributed by atoms with Crippen molar-refractivity contribution in [2.24, 2.45) is 0 Å². The maximum absolute atomic E-state index is 13.2. The summed E-state index contributed by atoms with van der Waals surface area (Å²) in [7, 11) is 1.35. The quantitative estimate of drug-likeness (QED) is 0.559. The molecule has 2 N–H and O–H groups in total. The van der Waals surface area contributed by atoms with Crippen molar-refractivity contribution in [2.75, 3.05) is 31.8 Å². The number of rotatable bonds is 6. The van der Waals surface area contributed by atoms with Crippen LogP contribution in [-0.4, -0.2) is 76.0 Å². The number of aliphatic carboxylic acids is 1. The van der Waals surface area contributed by atoms with Gasteiger partial charge in [-0.1, -0.05) is 34.8 Å². The van der Waals surface area contributed by atoms with Gasteiger partial charge in [0.2, 0.25) is 3.79 Å². The number of fused-ring (bicyclic) bond motifs is 2. The van der Waals surface area contributed by atoms with Gasteiger partial charge < -0.3 is 29.3 Å². The number of nitrogens with zero attached hydrogens (tertiary/aromatic N) is 2. The average molecular weight is 512 g/mol. The van der Waals surface area contributed by atoms with Crippen molar-refractivity contribution in [2.45, 2.75) is 35.3 Å². The lowest BCUT2D eigenvalue weighted by Crippen LogP contribution is -2.51. The van der Waals surface area contributed by atoms with Crippen LogP contribution in [0.15, 0.2) is 12.1 Å². The highest BCUT2D eigenvalue weighted by molar-refractivity contribution is 6.67. The molecule has 1 aromatic rings. The number of carbonyl (C=O) groups excluding carboxylic acids is 2. The molecule has 2 atom stereocenters. The molecule has 0 radical (unpaired) electrons. The lowest BCUT2D eigenvalue weighted by Gasteiger charge is -2.32. The van der Waals surface area contributed by atoms with Crippen molar-refractivity contribution in [1.82, 2.24) is 4.90 Å². The highest BCUT2D eigenvalue weighted by atomic mass is 35.6. The van der Waals surface area contributed by atoms with Crippen molar-refractivity contribution in [3.63, 3.8) is 0 Å². The number of benzene rings is 1. The molecule has 10 nitrogen and oxygen atoms in total. The molecule has 0 bridgehead atoms. The lowest BCUT2D eigenvalue weighted by molar-refractivity contribution is -0.137. The minimum atomic E-state index is -1.88. The van der Waals surface area contributed by atoms with Gasteiger partial charge >= 0.3 is 12.1 Å². The predicted octanol–water partition coefficient (Wildman–Crippen LogP) is 2.80. The molecule has 0 spiro atoms. The Morgan fingerprint density at radius 2 is 1.97 bits per heavy atom. The maximum Gasteiger partial charge on any atom is 0.416 e. The fourth-order valence-corrected chi connectivity index (χ4v) is 3.85. The second-order valence-corrected chi connectivity index (χ2v) is 9.69. The normalized spacial score (nSPS) is 20.3. The van der Waals surface area contributed by atoms with Crippen LogP contribution in [0.4, 0.5) is 10.5 Å². The van der Waals surface area contributed by atoms with Gasteiger partial charge in [-0.05, 0) is 18.9 Å². The van der Waals surface area contributed by atoms with Gasteiger partial charge in [0.25, 0.3) is 5.91 Å². The number of hydrogen-bond acceptors (Lipinski definition) is 7. The third-order valence-electron chi connectivity index (χ3n) is 5.07. The zero-order chi connectivity index (χ0) is 23.6. The average Bonchev–Trinajstić information content (AvgIpc) is 3.18. The molecule has 3 rings (SSSR count). The number of aliphatic hydroxyl groups is 1. The number of halogens is 3. The van der Waals surface area contributed by atoms with E-state index in [1.54, 1.807) is 0 Å². The van der Waals surface area contributed by atoms with E-state index in [1.807, 2.05) is 0 Å². The molecule has 2 aliphatic heterocycles. The van der Waals surface area contributed by atoms with Crippen LogP contribution >= 0.6 is 34.8 Å². The third-order valence-corrected chi connectivity index (χ3v) is 5.40. The van der Waals surface area contributed by atoms with Crippen LogP contribution in [0.25, 0.3) is 0 Å². The monoisotopic (exact) mass is 510 g/mol. The van der Waals surface area contributed by atoms with Crippen LogP contribution in [0.5, 0.6) is 11.5 Å². The summed E-state index contributed by atoms with van der Waals surface area (Å²) in [6.07, 6.45) is -1.65. The van der Waals surface area contributed by atoms with E-state index in [2.05, 4.69) is 0 Å². The van der Waals surface area contributed by atoms with E-state index >= 15 is 0 Å². The van der Waals surface area contributed by atoms with Crippen LogP contribution in [0, 0.1) is 0 Å². The second kappa shape index (κ2) is 9.78. The first-order chi connectivity index (χ1) is 15.0. The largest absolute Gasteiger partial charge is 0.493 e. The van der Waals surface area contributed by atoms with Crippen LogP contribution in [0.2, 0.25) is 0 Å². The standard InChI is InChI=1S/C19H21Cl3N2O8/c1-30-13-7-10-12(8-14(13)31-6-4-15(25)26)24(18(29)32-9-19(20,21)22)17(28)11-3-2-5-23(11)16(10)27/h7-8,11,17,28H,2-6,9H2,1H3,(H,25,26)/t11-,17?/m0/s1. The molecule has 13 heteroatoms. The van der Waals surface area contributed by atoms with Gasteiger partial charge in [0.15, 0.2) is 17.7 Å². The number of carboxylic acids is 1. The van der Waals surface area contributed by atoms with E-state index in [0.717, 1.165) is 4.90 Å². The van der Waals surface area contributed by atoms with Crippen LogP contribution < -0.4 is 14.4 Å². The van der Waals surface area contributed by atoms with Crippen molar-refractivity contribution >= 4 is 58.5 Å². The topological polar surface area (TPSA) is 126 Å². The molecule has 2 heterocycles. The van der Waals surface area contributed by atoms with Crippen LogP contribution in [0.1, 0.15) is 29.6 Å². The number of amides is 2. The fraction of sp³-hybridized carbons (Fsp3) is 0.526. The van der Waals surface area contributed by atoms with Gasteiger partial charge in [-0.15, -0.1) is 0 Å².